The van der Waals surface area contributed by atoms with Crippen molar-refractivity contribution in [3.8, 4) is 66.8 Å². The molecular formula is C62H50. The van der Waals surface area contributed by atoms with E-state index in [0.717, 1.165) is 0 Å². The van der Waals surface area contributed by atoms with Gasteiger partial charge in [0.2, 0.25) is 0 Å². The third kappa shape index (κ3) is 5.39. The summed E-state index contributed by atoms with van der Waals surface area (Å²) in [5, 5.41) is 8.00. The quantitative estimate of drug-likeness (QED) is 0.156. The molecule has 0 bridgehead atoms. The lowest BCUT2D eigenvalue weighted by atomic mass is 9.80. The lowest BCUT2D eigenvalue weighted by Crippen LogP contribution is -2.15. The fourth-order valence-corrected chi connectivity index (χ4v) is 11.2. The molecule has 0 aliphatic heterocycles. The van der Waals surface area contributed by atoms with Crippen molar-refractivity contribution in [2.75, 3.05) is 0 Å². The second kappa shape index (κ2) is 12.9. The fraction of sp³-hybridized carbons (Fsp3) is 0.161. The molecule has 0 saturated heterocycles. The van der Waals surface area contributed by atoms with E-state index in [2.05, 4.69) is 224 Å². The zero-order valence-electron chi connectivity index (χ0n) is 36.7. The molecule has 0 N–H and O–H groups in total. The smallest absolute Gasteiger partial charge is 0.0159 e. The molecule has 0 fully saturated rings. The molecule has 0 radical (unpaired) electrons. The molecule has 62 heavy (non-hydrogen) atoms. The van der Waals surface area contributed by atoms with Gasteiger partial charge in [-0.05, 0) is 163 Å². The monoisotopic (exact) mass is 794 g/mol. The van der Waals surface area contributed by atoms with E-state index in [1.165, 1.54) is 127 Å². The van der Waals surface area contributed by atoms with Crippen LogP contribution in [0.2, 0.25) is 0 Å². The van der Waals surface area contributed by atoms with Gasteiger partial charge in [0.25, 0.3) is 0 Å². The van der Waals surface area contributed by atoms with Gasteiger partial charge >= 0.3 is 0 Å². The van der Waals surface area contributed by atoms with Gasteiger partial charge in [-0.3, -0.25) is 0 Å². The molecule has 10 aromatic rings. The largest absolute Gasteiger partial charge is 0.0619 e. The molecule has 2 aliphatic rings. The molecule has 298 valence electrons. The van der Waals surface area contributed by atoms with Gasteiger partial charge < -0.3 is 0 Å². The van der Waals surface area contributed by atoms with Gasteiger partial charge in [0.15, 0.2) is 0 Å². The molecular weight excluding hydrogens is 745 g/mol. The summed E-state index contributed by atoms with van der Waals surface area (Å²) in [6.45, 7) is 16.4. The summed E-state index contributed by atoms with van der Waals surface area (Å²) < 4.78 is 0. The van der Waals surface area contributed by atoms with Crippen molar-refractivity contribution in [3.63, 3.8) is 0 Å². The van der Waals surface area contributed by atoms with Crippen LogP contribution < -0.4 is 0 Å². The number of hydrogen-bond acceptors (Lipinski definition) is 0. The summed E-state index contributed by atoms with van der Waals surface area (Å²) >= 11 is 0. The van der Waals surface area contributed by atoms with E-state index in [1.807, 2.05) is 0 Å². The van der Waals surface area contributed by atoms with Crippen LogP contribution in [0, 0.1) is 0 Å². The summed E-state index contributed by atoms with van der Waals surface area (Å²) in [5.74, 6) is 0. The summed E-state index contributed by atoms with van der Waals surface area (Å²) in [7, 11) is 0. The van der Waals surface area contributed by atoms with Gasteiger partial charge in [-0.25, -0.2) is 0 Å². The number of fused-ring (bicyclic) bond motifs is 6. The molecule has 2 aliphatic carbocycles. The average Bonchev–Trinajstić information content (AvgIpc) is 3.66. The van der Waals surface area contributed by atoms with Crippen LogP contribution in [-0.4, -0.2) is 0 Å². The van der Waals surface area contributed by atoms with Crippen molar-refractivity contribution in [2.45, 2.75) is 64.7 Å². The first-order chi connectivity index (χ1) is 29.8. The highest BCUT2D eigenvalue weighted by atomic mass is 14.4. The van der Waals surface area contributed by atoms with Crippen LogP contribution in [0.1, 0.15) is 76.3 Å². The SMILES string of the molecule is CC(C)(C)c1cc2ccc3ccc(-c4cccc(-c5ccc6c(c5)C(C)(C)c5cc(-c7cccc(-c8ccc9c(c8)C(C)(C)c8ccccc8-9)c7)ccc5-6)c4)c4ccc(c1)c2c34. The molecule has 0 unspecified atom stereocenters. The molecule has 0 nitrogen and oxygen atoms in total. The summed E-state index contributed by atoms with van der Waals surface area (Å²) in [6.07, 6.45) is 0. The maximum absolute atomic E-state index is 2.46. The first-order valence-electron chi connectivity index (χ1n) is 22.3. The van der Waals surface area contributed by atoms with Crippen molar-refractivity contribution < 1.29 is 0 Å². The molecule has 12 rings (SSSR count). The van der Waals surface area contributed by atoms with E-state index >= 15 is 0 Å². The van der Waals surface area contributed by atoms with Crippen LogP contribution in [-0.2, 0) is 16.2 Å². The molecule has 0 aromatic heterocycles. The van der Waals surface area contributed by atoms with Crippen molar-refractivity contribution in [2.24, 2.45) is 0 Å². The van der Waals surface area contributed by atoms with Crippen LogP contribution in [0.5, 0.6) is 0 Å². The van der Waals surface area contributed by atoms with Crippen molar-refractivity contribution >= 4 is 32.3 Å². The van der Waals surface area contributed by atoms with Gasteiger partial charge in [0, 0.05) is 10.8 Å². The highest BCUT2D eigenvalue weighted by Gasteiger charge is 2.37. The molecule has 0 spiro atoms. The van der Waals surface area contributed by atoms with E-state index in [0.29, 0.717) is 0 Å². The van der Waals surface area contributed by atoms with Gasteiger partial charge in [-0.1, -0.05) is 194 Å². The highest BCUT2D eigenvalue weighted by molar-refractivity contribution is 6.25. The topological polar surface area (TPSA) is 0 Å². The van der Waals surface area contributed by atoms with E-state index < -0.39 is 0 Å². The lowest BCUT2D eigenvalue weighted by molar-refractivity contribution is 0.591. The Bertz CT molecular complexity index is 3470. The molecule has 0 heterocycles. The minimum absolute atomic E-state index is 0.0228. The standard InChI is InChI=1S/C62H50/c1-60(2,3)47-32-45-19-18-37-20-25-48(53-29-24-46(33-47)58(45)59(37)53)44-15-11-14-40(31-44)43-23-28-52-51-27-22-42(35-56(51)62(6,7)57(52)36-43)39-13-10-12-38(30-39)41-21-26-50-49-16-8-9-17-54(49)61(4,5)55(50)34-41/h8-36H,1-7H3. The Hall–Kier alpha value is -6.76. The van der Waals surface area contributed by atoms with Gasteiger partial charge in [0.05, 0.1) is 0 Å². The average molecular weight is 795 g/mol. The third-order valence-corrected chi connectivity index (χ3v) is 14.8. The van der Waals surface area contributed by atoms with Crippen LogP contribution in [0.3, 0.4) is 0 Å². The minimum Gasteiger partial charge on any atom is -0.0619 e. The Morgan fingerprint density at radius 1 is 0.306 bits per heavy atom. The number of hydrogen-bond donors (Lipinski definition) is 0. The van der Waals surface area contributed by atoms with Crippen molar-refractivity contribution in [1.82, 2.24) is 0 Å². The highest BCUT2D eigenvalue weighted by Crippen LogP contribution is 2.52. The Morgan fingerprint density at radius 2 is 0.726 bits per heavy atom. The normalized spacial score (nSPS) is 14.6. The van der Waals surface area contributed by atoms with Crippen molar-refractivity contribution in [3.05, 3.63) is 204 Å². The Morgan fingerprint density at radius 3 is 1.29 bits per heavy atom. The maximum Gasteiger partial charge on any atom is 0.0159 e. The predicted octanol–water partition coefficient (Wildman–Crippen LogP) is 17.2. The second-order valence-electron chi connectivity index (χ2n) is 20.2. The predicted molar refractivity (Wildman–Crippen MR) is 266 cm³/mol. The van der Waals surface area contributed by atoms with E-state index in [9.17, 15) is 0 Å². The summed E-state index contributed by atoms with van der Waals surface area (Å²) in [5.41, 5.74) is 22.4. The maximum atomic E-state index is 2.46. The molecule has 0 amide bonds. The molecule has 10 aromatic carbocycles. The first kappa shape index (κ1) is 37.0. The zero-order chi connectivity index (χ0) is 42.3. The van der Waals surface area contributed by atoms with E-state index in [4.69, 9.17) is 0 Å². The van der Waals surface area contributed by atoms with Crippen LogP contribution in [0.25, 0.3) is 99.1 Å². The van der Waals surface area contributed by atoms with Gasteiger partial charge in [-0.2, -0.15) is 0 Å². The van der Waals surface area contributed by atoms with Crippen LogP contribution >= 0.6 is 0 Å². The lowest BCUT2D eigenvalue weighted by Gasteiger charge is -2.23. The summed E-state index contributed by atoms with van der Waals surface area (Å²) in [4.78, 5) is 0. The van der Waals surface area contributed by atoms with Crippen LogP contribution in [0.4, 0.5) is 0 Å². The first-order valence-corrected chi connectivity index (χ1v) is 22.3. The van der Waals surface area contributed by atoms with E-state index in [-0.39, 0.29) is 16.2 Å². The molecule has 0 heteroatoms. The molecule has 0 saturated carbocycles. The van der Waals surface area contributed by atoms with Gasteiger partial charge in [0.1, 0.15) is 0 Å². The van der Waals surface area contributed by atoms with E-state index in [1.54, 1.807) is 0 Å². The number of benzene rings is 10. The van der Waals surface area contributed by atoms with Crippen molar-refractivity contribution in [1.29, 1.82) is 0 Å². The fourth-order valence-electron chi connectivity index (χ4n) is 11.2. The Balaban J connectivity index is 0.876. The number of rotatable bonds is 4. The minimum atomic E-state index is -0.147. The Labute approximate surface area is 365 Å². The molecule has 0 atom stereocenters. The Kier molecular flexibility index (Phi) is 7.70. The second-order valence-corrected chi connectivity index (χ2v) is 20.2. The van der Waals surface area contributed by atoms with Crippen LogP contribution in [0.15, 0.2) is 176 Å². The van der Waals surface area contributed by atoms with Gasteiger partial charge in [-0.15, -0.1) is 0 Å². The third-order valence-electron chi connectivity index (χ3n) is 14.8. The summed E-state index contributed by atoms with van der Waals surface area (Å²) in [6, 6.07) is 67.3. The zero-order valence-corrected chi connectivity index (χ0v) is 36.7.